The summed E-state index contributed by atoms with van der Waals surface area (Å²) in [7, 11) is 3.01. The Bertz CT molecular complexity index is 1090. The fraction of sp³-hybridized carbons (Fsp3) is 0.300. The molecule has 3 N–H and O–H groups in total. The van der Waals surface area contributed by atoms with Gasteiger partial charge >= 0.3 is 5.97 Å². The number of carboxylic acids is 1. The van der Waals surface area contributed by atoms with E-state index in [2.05, 4.69) is 20.7 Å². The van der Waals surface area contributed by atoms with Crippen LogP contribution in [0.1, 0.15) is 26.8 Å². The summed E-state index contributed by atoms with van der Waals surface area (Å²) in [5.41, 5.74) is 2.46. The molecule has 0 saturated carbocycles. The second-order valence-corrected chi connectivity index (χ2v) is 7.71. The Labute approximate surface area is 182 Å². The molecule has 1 unspecified atom stereocenters. The van der Waals surface area contributed by atoms with Crippen LogP contribution in [0.4, 0.5) is 16.6 Å². The van der Waals surface area contributed by atoms with E-state index in [1.165, 1.54) is 24.2 Å². The summed E-state index contributed by atoms with van der Waals surface area (Å²) in [5.74, 6) is -0.242. The molecule has 0 spiro atoms. The van der Waals surface area contributed by atoms with Crippen LogP contribution in [0, 0.1) is 13.8 Å². The third-order valence-corrected chi connectivity index (χ3v) is 5.50. The van der Waals surface area contributed by atoms with E-state index in [1.807, 2.05) is 26.0 Å². The van der Waals surface area contributed by atoms with Crippen molar-refractivity contribution in [1.29, 1.82) is 0 Å². The number of aliphatic carboxylic acids is 1. The number of benzene rings is 1. The van der Waals surface area contributed by atoms with Crippen molar-refractivity contribution >= 4 is 39.9 Å². The van der Waals surface area contributed by atoms with Crippen LogP contribution in [0.3, 0.4) is 0 Å². The molecule has 0 bridgehead atoms. The summed E-state index contributed by atoms with van der Waals surface area (Å²) >= 11 is 1.16. The van der Waals surface area contributed by atoms with Gasteiger partial charge in [-0.25, -0.2) is 9.78 Å². The van der Waals surface area contributed by atoms with Gasteiger partial charge in [0, 0.05) is 24.9 Å². The number of carbonyl (C=O) groups is 2. The van der Waals surface area contributed by atoms with E-state index < -0.39 is 12.0 Å². The van der Waals surface area contributed by atoms with E-state index in [9.17, 15) is 14.7 Å². The SMILES string of the molecule is COCC(C(=O)O)n1ccc(Nc2ncc(C(=O)Nc3c(C)ccc(OC)c3C)s2)n1. The standard InChI is InChI=1S/C20H23N5O5S/c1-11-5-6-14(30-4)12(2)17(11)23-18(26)15-9-21-20(31-15)22-16-7-8-25(24-16)13(10-29-3)19(27)28/h5-9,13H,10H2,1-4H3,(H,23,26)(H,27,28)(H,21,22,24). The molecular formula is C20H23N5O5S. The summed E-state index contributed by atoms with van der Waals surface area (Å²) in [5, 5.41) is 19.8. The number of anilines is 3. The molecular weight excluding hydrogens is 422 g/mol. The quantitative estimate of drug-likeness (QED) is 0.458. The van der Waals surface area contributed by atoms with Gasteiger partial charge in [-0.15, -0.1) is 0 Å². The van der Waals surface area contributed by atoms with Crippen molar-refractivity contribution in [2.75, 3.05) is 31.5 Å². The maximum Gasteiger partial charge on any atom is 0.330 e. The minimum atomic E-state index is -1.05. The zero-order valence-corrected chi connectivity index (χ0v) is 18.3. The lowest BCUT2D eigenvalue weighted by Crippen LogP contribution is -2.24. The van der Waals surface area contributed by atoms with E-state index >= 15 is 0 Å². The molecule has 1 aromatic carbocycles. The molecule has 0 aliphatic heterocycles. The summed E-state index contributed by atoms with van der Waals surface area (Å²) in [6.07, 6.45) is 3.00. The summed E-state index contributed by atoms with van der Waals surface area (Å²) < 4.78 is 11.6. The first-order valence-electron chi connectivity index (χ1n) is 9.29. The summed E-state index contributed by atoms with van der Waals surface area (Å²) in [6, 6.07) is 4.42. The van der Waals surface area contributed by atoms with E-state index in [0.717, 1.165) is 22.5 Å². The lowest BCUT2D eigenvalue weighted by molar-refractivity contribution is -0.142. The Kier molecular flexibility index (Phi) is 6.88. The normalized spacial score (nSPS) is 11.7. The molecule has 0 aliphatic carbocycles. The van der Waals surface area contributed by atoms with Crippen molar-refractivity contribution < 1.29 is 24.2 Å². The largest absolute Gasteiger partial charge is 0.496 e. The van der Waals surface area contributed by atoms with Gasteiger partial charge in [-0.05, 0) is 25.5 Å². The first kappa shape index (κ1) is 22.2. The van der Waals surface area contributed by atoms with Crippen molar-refractivity contribution in [2.45, 2.75) is 19.9 Å². The van der Waals surface area contributed by atoms with E-state index in [-0.39, 0.29) is 12.5 Å². The lowest BCUT2D eigenvalue weighted by Gasteiger charge is -2.14. The van der Waals surface area contributed by atoms with E-state index in [0.29, 0.717) is 27.3 Å². The lowest BCUT2D eigenvalue weighted by atomic mass is 10.1. The molecule has 164 valence electrons. The number of nitrogens with one attached hydrogen (secondary N) is 2. The fourth-order valence-electron chi connectivity index (χ4n) is 2.96. The molecule has 3 rings (SSSR count). The van der Waals surface area contributed by atoms with Gasteiger partial charge in [-0.2, -0.15) is 5.10 Å². The van der Waals surface area contributed by atoms with Gasteiger partial charge in [-0.1, -0.05) is 17.4 Å². The van der Waals surface area contributed by atoms with Crippen LogP contribution < -0.4 is 15.4 Å². The van der Waals surface area contributed by atoms with Crippen molar-refractivity contribution in [3.8, 4) is 5.75 Å². The first-order valence-corrected chi connectivity index (χ1v) is 10.1. The summed E-state index contributed by atoms with van der Waals surface area (Å²) in [4.78, 5) is 28.7. The zero-order chi connectivity index (χ0) is 22.5. The molecule has 1 amide bonds. The number of aromatic nitrogens is 3. The second-order valence-electron chi connectivity index (χ2n) is 6.68. The molecule has 10 nitrogen and oxygen atoms in total. The highest BCUT2D eigenvalue weighted by Crippen LogP contribution is 2.30. The van der Waals surface area contributed by atoms with Crippen molar-refractivity contribution in [2.24, 2.45) is 0 Å². The van der Waals surface area contributed by atoms with Gasteiger partial charge in [0.15, 0.2) is 17.0 Å². The van der Waals surface area contributed by atoms with Crippen molar-refractivity contribution in [1.82, 2.24) is 14.8 Å². The number of ether oxygens (including phenoxy) is 2. The van der Waals surface area contributed by atoms with Gasteiger partial charge in [0.2, 0.25) is 0 Å². The molecule has 0 saturated heterocycles. The Morgan fingerprint density at radius 1 is 1.26 bits per heavy atom. The number of hydrogen-bond donors (Lipinski definition) is 3. The van der Waals surface area contributed by atoms with Gasteiger partial charge in [-0.3, -0.25) is 9.48 Å². The molecule has 2 heterocycles. The zero-order valence-electron chi connectivity index (χ0n) is 17.5. The van der Waals surface area contributed by atoms with Crippen LogP contribution >= 0.6 is 11.3 Å². The number of carboxylic acid groups (broad SMARTS) is 1. The Morgan fingerprint density at radius 2 is 2.03 bits per heavy atom. The minimum Gasteiger partial charge on any atom is -0.496 e. The van der Waals surface area contributed by atoms with Crippen molar-refractivity contribution in [3.63, 3.8) is 0 Å². The number of amides is 1. The molecule has 1 atom stereocenters. The van der Waals surface area contributed by atoms with Gasteiger partial charge in [0.05, 0.1) is 25.6 Å². The third kappa shape index (κ3) is 5.01. The molecule has 0 aliphatic rings. The fourth-order valence-corrected chi connectivity index (χ4v) is 3.68. The van der Waals surface area contributed by atoms with Crippen LogP contribution in [0.15, 0.2) is 30.6 Å². The second kappa shape index (κ2) is 9.58. The summed E-state index contributed by atoms with van der Waals surface area (Å²) in [6.45, 7) is 3.78. The minimum absolute atomic E-state index is 0.0128. The van der Waals surface area contributed by atoms with Crippen LogP contribution in [0.5, 0.6) is 5.75 Å². The van der Waals surface area contributed by atoms with Gasteiger partial charge < -0.3 is 25.2 Å². The van der Waals surface area contributed by atoms with E-state index in [1.54, 1.807) is 13.2 Å². The smallest absolute Gasteiger partial charge is 0.330 e. The molecule has 0 fully saturated rings. The maximum absolute atomic E-state index is 12.7. The average molecular weight is 446 g/mol. The molecule has 31 heavy (non-hydrogen) atoms. The average Bonchev–Trinajstić information content (AvgIpc) is 3.39. The predicted molar refractivity (Wildman–Crippen MR) is 117 cm³/mol. The Hall–Kier alpha value is -3.44. The number of rotatable bonds is 9. The molecule has 11 heteroatoms. The Morgan fingerprint density at radius 3 is 2.71 bits per heavy atom. The van der Waals surface area contributed by atoms with E-state index in [4.69, 9.17) is 9.47 Å². The highest BCUT2D eigenvalue weighted by molar-refractivity contribution is 7.17. The van der Waals surface area contributed by atoms with Crippen LogP contribution in [0.2, 0.25) is 0 Å². The molecule has 0 radical (unpaired) electrons. The number of thiazole rings is 1. The van der Waals surface area contributed by atoms with Crippen LogP contribution in [-0.4, -0.2) is 52.6 Å². The number of carbonyl (C=O) groups excluding carboxylic acids is 1. The number of nitrogens with zero attached hydrogens (tertiary/aromatic N) is 3. The number of methoxy groups -OCH3 is 2. The van der Waals surface area contributed by atoms with Crippen LogP contribution in [-0.2, 0) is 9.53 Å². The highest BCUT2D eigenvalue weighted by Gasteiger charge is 2.21. The monoisotopic (exact) mass is 445 g/mol. The molecule has 3 aromatic rings. The maximum atomic E-state index is 12.7. The first-order chi connectivity index (χ1) is 14.8. The number of aryl methyl sites for hydroxylation is 1. The third-order valence-electron chi connectivity index (χ3n) is 4.58. The van der Waals surface area contributed by atoms with Gasteiger partial charge in [0.25, 0.3) is 5.91 Å². The predicted octanol–water partition coefficient (Wildman–Crippen LogP) is 3.23. The van der Waals surface area contributed by atoms with Crippen LogP contribution in [0.25, 0.3) is 0 Å². The molecule has 2 aromatic heterocycles. The highest BCUT2D eigenvalue weighted by atomic mass is 32.1. The van der Waals surface area contributed by atoms with Gasteiger partial charge in [0.1, 0.15) is 10.6 Å². The topological polar surface area (TPSA) is 128 Å². The van der Waals surface area contributed by atoms with Crippen molar-refractivity contribution in [3.05, 3.63) is 46.6 Å². The Balaban J connectivity index is 1.71. The number of hydrogen-bond acceptors (Lipinski definition) is 8.